The summed E-state index contributed by atoms with van der Waals surface area (Å²) in [4.78, 5) is 0. The number of fused-ring (bicyclic) bond motifs is 1. The van der Waals surface area contributed by atoms with Gasteiger partial charge in [0.2, 0.25) is 0 Å². The van der Waals surface area contributed by atoms with Crippen molar-refractivity contribution in [2.45, 2.75) is 12.5 Å². The highest BCUT2D eigenvalue weighted by Crippen LogP contribution is 2.33. The van der Waals surface area contributed by atoms with Gasteiger partial charge >= 0.3 is 0 Å². The lowest BCUT2D eigenvalue weighted by Crippen LogP contribution is -2.17. The predicted octanol–water partition coefficient (Wildman–Crippen LogP) is 3.59. The zero-order chi connectivity index (χ0) is 14.8. The van der Waals surface area contributed by atoms with Crippen molar-refractivity contribution in [2.24, 2.45) is 0 Å². The standard InChI is InChI=1S/C17H18ClNO2/c1-19-17(13-4-6-16(20-2)14(18)10-13)12-3-5-15-11(9-12)7-8-21-15/h3-6,9-10,17,19H,7-8H2,1-2H3. The van der Waals surface area contributed by atoms with Gasteiger partial charge in [0.1, 0.15) is 11.5 Å². The van der Waals surface area contributed by atoms with E-state index in [1.54, 1.807) is 7.11 Å². The normalized spacial score (nSPS) is 14.4. The summed E-state index contributed by atoms with van der Waals surface area (Å²) >= 11 is 6.24. The number of hydrogen-bond donors (Lipinski definition) is 1. The van der Waals surface area contributed by atoms with E-state index in [1.807, 2.05) is 31.3 Å². The summed E-state index contributed by atoms with van der Waals surface area (Å²) in [7, 11) is 3.57. The van der Waals surface area contributed by atoms with Crippen LogP contribution in [0.5, 0.6) is 11.5 Å². The smallest absolute Gasteiger partial charge is 0.137 e. The van der Waals surface area contributed by atoms with Gasteiger partial charge in [0.05, 0.1) is 24.8 Å². The first-order chi connectivity index (χ1) is 10.2. The summed E-state index contributed by atoms with van der Waals surface area (Å²) in [5.41, 5.74) is 3.59. The lowest BCUT2D eigenvalue weighted by atomic mass is 9.96. The molecule has 1 aliphatic heterocycles. The molecule has 1 unspecified atom stereocenters. The van der Waals surface area contributed by atoms with Gasteiger partial charge in [-0.25, -0.2) is 0 Å². The van der Waals surface area contributed by atoms with E-state index in [0.717, 1.165) is 24.3 Å². The first-order valence-corrected chi connectivity index (χ1v) is 7.37. The quantitative estimate of drug-likeness (QED) is 0.936. The number of benzene rings is 2. The van der Waals surface area contributed by atoms with E-state index in [9.17, 15) is 0 Å². The topological polar surface area (TPSA) is 30.5 Å². The van der Waals surface area contributed by atoms with E-state index in [-0.39, 0.29) is 6.04 Å². The molecule has 0 fully saturated rings. The Labute approximate surface area is 129 Å². The molecule has 1 aliphatic rings. The van der Waals surface area contributed by atoms with Gasteiger partial charge in [-0.15, -0.1) is 0 Å². The van der Waals surface area contributed by atoms with Crippen molar-refractivity contribution in [3.8, 4) is 11.5 Å². The maximum Gasteiger partial charge on any atom is 0.137 e. The zero-order valence-electron chi connectivity index (χ0n) is 12.2. The van der Waals surface area contributed by atoms with E-state index >= 15 is 0 Å². The molecule has 0 spiro atoms. The van der Waals surface area contributed by atoms with Crippen molar-refractivity contribution >= 4 is 11.6 Å². The van der Waals surface area contributed by atoms with Crippen molar-refractivity contribution < 1.29 is 9.47 Å². The number of nitrogens with one attached hydrogen (secondary N) is 1. The van der Waals surface area contributed by atoms with E-state index in [4.69, 9.17) is 21.1 Å². The Morgan fingerprint density at radius 3 is 2.67 bits per heavy atom. The second kappa shape index (κ2) is 5.96. The lowest BCUT2D eigenvalue weighted by Gasteiger charge is -2.19. The highest BCUT2D eigenvalue weighted by atomic mass is 35.5. The number of ether oxygens (including phenoxy) is 2. The summed E-state index contributed by atoms with van der Waals surface area (Å²) in [5, 5.41) is 3.98. The summed E-state index contributed by atoms with van der Waals surface area (Å²) in [5.74, 6) is 1.69. The molecule has 3 rings (SSSR count). The number of rotatable bonds is 4. The monoisotopic (exact) mass is 303 g/mol. The predicted molar refractivity (Wildman–Crippen MR) is 84.5 cm³/mol. The molecule has 21 heavy (non-hydrogen) atoms. The van der Waals surface area contributed by atoms with Crippen molar-refractivity contribution in [1.29, 1.82) is 0 Å². The Morgan fingerprint density at radius 2 is 1.95 bits per heavy atom. The minimum Gasteiger partial charge on any atom is -0.495 e. The third kappa shape index (κ3) is 2.71. The van der Waals surface area contributed by atoms with Crippen LogP contribution in [0, 0.1) is 0 Å². The molecule has 0 amide bonds. The van der Waals surface area contributed by atoms with Gasteiger partial charge in [-0.05, 0) is 41.9 Å². The number of halogens is 1. The second-order valence-corrected chi connectivity index (χ2v) is 5.49. The fourth-order valence-corrected chi connectivity index (χ4v) is 3.04. The second-order valence-electron chi connectivity index (χ2n) is 5.08. The molecule has 1 atom stereocenters. The summed E-state index contributed by atoms with van der Waals surface area (Å²) in [6, 6.07) is 12.3. The van der Waals surface area contributed by atoms with Crippen molar-refractivity contribution in [2.75, 3.05) is 20.8 Å². The van der Waals surface area contributed by atoms with Gasteiger partial charge in [-0.1, -0.05) is 29.8 Å². The Morgan fingerprint density at radius 1 is 1.19 bits per heavy atom. The van der Waals surface area contributed by atoms with E-state index in [2.05, 4.69) is 17.4 Å². The summed E-state index contributed by atoms with van der Waals surface area (Å²) < 4.78 is 10.8. The van der Waals surface area contributed by atoms with Crippen LogP contribution >= 0.6 is 11.6 Å². The van der Waals surface area contributed by atoms with Gasteiger partial charge in [-0.2, -0.15) is 0 Å². The fourth-order valence-electron chi connectivity index (χ4n) is 2.77. The third-order valence-electron chi connectivity index (χ3n) is 3.84. The molecule has 1 N–H and O–H groups in total. The Bertz CT molecular complexity index is 657. The SMILES string of the molecule is CNC(c1ccc(OC)c(Cl)c1)c1ccc2c(c1)CCO2. The van der Waals surface area contributed by atoms with Gasteiger partial charge < -0.3 is 14.8 Å². The third-order valence-corrected chi connectivity index (χ3v) is 4.14. The van der Waals surface area contributed by atoms with Crippen LogP contribution in [0.2, 0.25) is 5.02 Å². The van der Waals surface area contributed by atoms with Crippen LogP contribution in [0.4, 0.5) is 0 Å². The fraction of sp³-hybridized carbons (Fsp3) is 0.294. The molecule has 0 aromatic heterocycles. The minimum absolute atomic E-state index is 0.0966. The first-order valence-electron chi connectivity index (χ1n) is 6.99. The molecule has 3 nitrogen and oxygen atoms in total. The van der Waals surface area contributed by atoms with Crippen LogP contribution in [-0.4, -0.2) is 20.8 Å². The molecular formula is C17H18ClNO2. The highest BCUT2D eigenvalue weighted by molar-refractivity contribution is 6.32. The lowest BCUT2D eigenvalue weighted by molar-refractivity contribution is 0.357. The van der Waals surface area contributed by atoms with Crippen LogP contribution in [0.15, 0.2) is 36.4 Å². The van der Waals surface area contributed by atoms with E-state index in [0.29, 0.717) is 10.8 Å². The Hall–Kier alpha value is -1.71. The molecule has 1 heterocycles. The van der Waals surface area contributed by atoms with Crippen LogP contribution in [-0.2, 0) is 6.42 Å². The highest BCUT2D eigenvalue weighted by Gasteiger charge is 2.18. The molecule has 2 aromatic rings. The van der Waals surface area contributed by atoms with Crippen molar-refractivity contribution in [3.05, 3.63) is 58.1 Å². The van der Waals surface area contributed by atoms with Crippen LogP contribution in [0.1, 0.15) is 22.7 Å². The van der Waals surface area contributed by atoms with Crippen LogP contribution in [0.3, 0.4) is 0 Å². The summed E-state index contributed by atoms with van der Waals surface area (Å²) in [6.07, 6.45) is 0.975. The zero-order valence-corrected chi connectivity index (χ0v) is 12.9. The molecule has 0 saturated carbocycles. The number of methoxy groups -OCH3 is 1. The maximum atomic E-state index is 6.24. The van der Waals surface area contributed by atoms with Gasteiger partial charge in [0, 0.05) is 6.42 Å². The first kappa shape index (κ1) is 14.2. The maximum absolute atomic E-state index is 6.24. The van der Waals surface area contributed by atoms with Gasteiger partial charge in [-0.3, -0.25) is 0 Å². The molecule has 0 aliphatic carbocycles. The molecule has 110 valence electrons. The van der Waals surface area contributed by atoms with Crippen molar-refractivity contribution in [3.63, 3.8) is 0 Å². The van der Waals surface area contributed by atoms with Crippen LogP contribution in [0.25, 0.3) is 0 Å². The molecule has 2 aromatic carbocycles. The van der Waals surface area contributed by atoms with Crippen molar-refractivity contribution in [1.82, 2.24) is 5.32 Å². The number of hydrogen-bond acceptors (Lipinski definition) is 3. The molecule has 4 heteroatoms. The van der Waals surface area contributed by atoms with Crippen LogP contribution < -0.4 is 14.8 Å². The van der Waals surface area contributed by atoms with Gasteiger partial charge in [0.15, 0.2) is 0 Å². The Balaban J connectivity index is 1.96. The molecule has 0 saturated heterocycles. The van der Waals surface area contributed by atoms with Gasteiger partial charge in [0.25, 0.3) is 0 Å². The largest absolute Gasteiger partial charge is 0.495 e. The average molecular weight is 304 g/mol. The minimum atomic E-state index is 0.0966. The molecular weight excluding hydrogens is 286 g/mol. The van der Waals surface area contributed by atoms with E-state index < -0.39 is 0 Å². The molecule has 0 radical (unpaired) electrons. The Kier molecular flexibility index (Phi) is 4.04. The summed E-state index contributed by atoms with van der Waals surface area (Å²) in [6.45, 7) is 0.775. The average Bonchev–Trinajstić information content (AvgIpc) is 2.96. The molecule has 0 bridgehead atoms. The van der Waals surface area contributed by atoms with E-state index in [1.165, 1.54) is 11.1 Å².